The number of benzene rings is 2. The zero-order valence-electron chi connectivity index (χ0n) is 19.8. The van der Waals surface area contributed by atoms with Gasteiger partial charge in [0, 0.05) is 42.7 Å². The number of ether oxygens (including phenoxy) is 1. The minimum Gasteiger partial charge on any atom is -0.497 e. The van der Waals surface area contributed by atoms with E-state index in [-0.39, 0.29) is 30.1 Å². The summed E-state index contributed by atoms with van der Waals surface area (Å²) in [6.07, 6.45) is 1.95. The molecule has 4 rings (SSSR count). The molecule has 2 heterocycles. The maximum absolute atomic E-state index is 14.8. The first-order valence-electron chi connectivity index (χ1n) is 11.5. The molecule has 1 aromatic heterocycles. The molecule has 1 unspecified atom stereocenters. The van der Waals surface area contributed by atoms with Gasteiger partial charge in [-0.2, -0.15) is 0 Å². The van der Waals surface area contributed by atoms with Gasteiger partial charge in [0.05, 0.1) is 7.11 Å². The lowest BCUT2D eigenvalue weighted by Gasteiger charge is -2.38. The molecule has 178 valence electrons. The predicted molar refractivity (Wildman–Crippen MR) is 128 cm³/mol. The maximum Gasteiger partial charge on any atom is 0.254 e. The Morgan fingerprint density at radius 1 is 1.09 bits per heavy atom. The van der Waals surface area contributed by atoms with Crippen molar-refractivity contribution in [3.63, 3.8) is 0 Å². The molecule has 7 heteroatoms. The van der Waals surface area contributed by atoms with E-state index in [0.29, 0.717) is 36.5 Å². The number of halogens is 1. The van der Waals surface area contributed by atoms with E-state index in [4.69, 9.17) is 4.74 Å². The fraction of sp³-hybridized carbons (Fsp3) is 0.333. The van der Waals surface area contributed by atoms with Crippen molar-refractivity contribution >= 4 is 11.8 Å². The number of methoxy groups -OCH3 is 1. The number of rotatable bonds is 7. The van der Waals surface area contributed by atoms with Gasteiger partial charge in [-0.1, -0.05) is 38.1 Å². The van der Waals surface area contributed by atoms with E-state index in [2.05, 4.69) is 0 Å². The summed E-state index contributed by atoms with van der Waals surface area (Å²) in [5, 5.41) is 0. The smallest absolute Gasteiger partial charge is 0.254 e. The van der Waals surface area contributed by atoms with Gasteiger partial charge >= 0.3 is 0 Å². The zero-order valence-corrected chi connectivity index (χ0v) is 19.8. The Morgan fingerprint density at radius 2 is 1.88 bits per heavy atom. The van der Waals surface area contributed by atoms with Crippen LogP contribution in [-0.4, -0.2) is 52.9 Å². The van der Waals surface area contributed by atoms with E-state index < -0.39 is 6.04 Å². The topological polar surface area (TPSA) is 54.8 Å². The molecule has 34 heavy (non-hydrogen) atoms. The van der Waals surface area contributed by atoms with Crippen molar-refractivity contribution in [3.8, 4) is 5.75 Å². The third-order valence-electron chi connectivity index (χ3n) is 6.07. The molecule has 0 N–H and O–H groups in total. The minimum absolute atomic E-state index is 0.0834. The lowest BCUT2D eigenvalue weighted by Crippen LogP contribution is -2.48. The number of hydrogen-bond acceptors (Lipinski definition) is 3. The SMILES string of the molecule is COc1cccc(C(=O)N(CC(=O)N2CCn3cccc3C2c2ccccc2F)CC(C)C)c1. The highest BCUT2D eigenvalue weighted by Gasteiger charge is 2.35. The third kappa shape index (κ3) is 4.83. The molecule has 0 fully saturated rings. The summed E-state index contributed by atoms with van der Waals surface area (Å²) in [6, 6.07) is 16.8. The van der Waals surface area contributed by atoms with Crippen LogP contribution < -0.4 is 4.74 Å². The van der Waals surface area contributed by atoms with Crippen LogP contribution >= 0.6 is 0 Å². The lowest BCUT2D eigenvalue weighted by atomic mass is 9.99. The fourth-order valence-corrected chi connectivity index (χ4v) is 4.53. The Balaban J connectivity index is 1.63. The lowest BCUT2D eigenvalue weighted by molar-refractivity contribution is -0.134. The molecule has 0 saturated carbocycles. The Hall–Kier alpha value is -3.61. The van der Waals surface area contributed by atoms with Gasteiger partial charge in [-0.05, 0) is 42.3 Å². The molecule has 1 aliphatic rings. The molecule has 6 nitrogen and oxygen atoms in total. The summed E-state index contributed by atoms with van der Waals surface area (Å²) in [5.41, 5.74) is 1.77. The van der Waals surface area contributed by atoms with E-state index in [1.807, 2.05) is 36.7 Å². The van der Waals surface area contributed by atoms with Crippen LogP contribution in [0.3, 0.4) is 0 Å². The van der Waals surface area contributed by atoms with Crippen LogP contribution in [0.1, 0.15) is 41.5 Å². The maximum atomic E-state index is 14.8. The van der Waals surface area contributed by atoms with Crippen LogP contribution in [0.5, 0.6) is 5.75 Å². The second kappa shape index (κ2) is 10.1. The summed E-state index contributed by atoms with van der Waals surface area (Å²) in [5.74, 6) is -0.0470. The largest absolute Gasteiger partial charge is 0.497 e. The minimum atomic E-state index is -0.551. The van der Waals surface area contributed by atoms with Crippen molar-refractivity contribution in [1.82, 2.24) is 14.4 Å². The van der Waals surface area contributed by atoms with Crippen LogP contribution in [0.15, 0.2) is 66.9 Å². The highest BCUT2D eigenvalue weighted by molar-refractivity contribution is 5.97. The molecule has 0 aliphatic carbocycles. The van der Waals surface area contributed by atoms with E-state index in [9.17, 15) is 14.0 Å². The number of carbonyl (C=O) groups is 2. The van der Waals surface area contributed by atoms with Crippen LogP contribution in [-0.2, 0) is 11.3 Å². The molecular weight excluding hydrogens is 433 g/mol. The number of fused-ring (bicyclic) bond motifs is 1. The molecular formula is C27H30FN3O3. The van der Waals surface area contributed by atoms with Gasteiger partial charge in [0.2, 0.25) is 5.91 Å². The van der Waals surface area contributed by atoms with Crippen molar-refractivity contribution in [2.24, 2.45) is 5.92 Å². The van der Waals surface area contributed by atoms with Gasteiger partial charge in [-0.3, -0.25) is 9.59 Å². The second-order valence-corrected chi connectivity index (χ2v) is 8.95. The van der Waals surface area contributed by atoms with Crippen LogP contribution in [0.25, 0.3) is 0 Å². The van der Waals surface area contributed by atoms with Gasteiger partial charge < -0.3 is 19.1 Å². The first kappa shape index (κ1) is 23.5. The second-order valence-electron chi connectivity index (χ2n) is 8.95. The predicted octanol–water partition coefficient (Wildman–Crippen LogP) is 4.37. The number of nitrogens with zero attached hydrogens (tertiary/aromatic N) is 3. The Kier molecular flexibility index (Phi) is 7.01. The summed E-state index contributed by atoms with van der Waals surface area (Å²) >= 11 is 0. The number of carbonyl (C=O) groups excluding carboxylic acids is 2. The zero-order chi connectivity index (χ0) is 24.2. The van der Waals surface area contributed by atoms with E-state index in [1.165, 1.54) is 6.07 Å². The van der Waals surface area contributed by atoms with Gasteiger partial charge in [-0.15, -0.1) is 0 Å². The monoisotopic (exact) mass is 463 g/mol. The number of aromatic nitrogens is 1. The molecule has 1 aliphatic heterocycles. The molecule has 0 saturated heterocycles. The molecule has 1 atom stereocenters. The van der Waals surface area contributed by atoms with E-state index >= 15 is 0 Å². The first-order chi connectivity index (χ1) is 16.4. The number of hydrogen-bond donors (Lipinski definition) is 0. The van der Waals surface area contributed by atoms with Crippen molar-refractivity contribution in [1.29, 1.82) is 0 Å². The van der Waals surface area contributed by atoms with E-state index in [0.717, 1.165) is 5.69 Å². The van der Waals surface area contributed by atoms with Gasteiger partial charge in [-0.25, -0.2) is 4.39 Å². The van der Waals surface area contributed by atoms with Gasteiger partial charge in [0.15, 0.2) is 0 Å². The van der Waals surface area contributed by atoms with Gasteiger partial charge in [0.25, 0.3) is 5.91 Å². The highest BCUT2D eigenvalue weighted by atomic mass is 19.1. The molecule has 2 amide bonds. The van der Waals surface area contributed by atoms with Crippen molar-refractivity contribution < 1.29 is 18.7 Å². The van der Waals surface area contributed by atoms with Crippen molar-refractivity contribution in [3.05, 3.63) is 89.5 Å². The van der Waals surface area contributed by atoms with Crippen molar-refractivity contribution in [2.75, 3.05) is 26.7 Å². The fourth-order valence-electron chi connectivity index (χ4n) is 4.53. The molecule has 0 radical (unpaired) electrons. The quantitative estimate of drug-likeness (QED) is 0.523. The average Bonchev–Trinajstić information content (AvgIpc) is 3.32. The molecule has 2 aromatic carbocycles. The van der Waals surface area contributed by atoms with Crippen LogP contribution in [0, 0.1) is 11.7 Å². The standard InChI is InChI=1S/C27H30FN3O3/c1-19(2)17-30(27(33)20-8-6-9-21(16-20)34-3)18-25(32)31-15-14-29-13-7-12-24(29)26(31)22-10-4-5-11-23(22)28/h4-13,16,19,26H,14-15,17-18H2,1-3H3. The third-order valence-corrected chi connectivity index (χ3v) is 6.07. The normalized spacial score (nSPS) is 15.2. The summed E-state index contributed by atoms with van der Waals surface area (Å²) < 4.78 is 22.2. The Morgan fingerprint density at radius 3 is 2.62 bits per heavy atom. The van der Waals surface area contributed by atoms with E-state index in [1.54, 1.807) is 59.4 Å². The summed E-state index contributed by atoms with van der Waals surface area (Å²) in [7, 11) is 1.55. The summed E-state index contributed by atoms with van der Waals surface area (Å²) in [4.78, 5) is 30.3. The Bertz CT molecular complexity index is 1170. The summed E-state index contributed by atoms with van der Waals surface area (Å²) in [6.45, 7) is 5.41. The first-order valence-corrected chi connectivity index (χ1v) is 11.5. The average molecular weight is 464 g/mol. The molecule has 0 spiro atoms. The number of amides is 2. The molecule has 0 bridgehead atoms. The Labute approximate surface area is 199 Å². The van der Waals surface area contributed by atoms with Crippen LogP contribution in [0.4, 0.5) is 4.39 Å². The molecule has 3 aromatic rings. The van der Waals surface area contributed by atoms with Crippen molar-refractivity contribution in [2.45, 2.75) is 26.4 Å². The van der Waals surface area contributed by atoms with Gasteiger partial charge in [0.1, 0.15) is 24.2 Å². The highest BCUT2D eigenvalue weighted by Crippen LogP contribution is 2.34. The van der Waals surface area contributed by atoms with Crippen LogP contribution in [0.2, 0.25) is 0 Å².